The van der Waals surface area contributed by atoms with Gasteiger partial charge in [-0.25, -0.2) is 16.3 Å². The lowest BCUT2D eigenvalue weighted by Crippen LogP contribution is -2.41. The monoisotopic (exact) mass is 463 g/mol. The number of nitrogens with zero attached hydrogens (tertiary/aromatic N) is 1. The summed E-state index contributed by atoms with van der Waals surface area (Å²) in [5.41, 5.74) is 18.9. The summed E-state index contributed by atoms with van der Waals surface area (Å²) in [6.45, 7) is 2.24. The number of anilines is 1. The molecule has 0 spiro atoms. The molecule has 2 atom stereocenters. The minimum Gasteiger partial charge on any atom is -0.489 e. The molecule has 1 saturated heterocycles. The van der Waals surface area contributed by atoms with Crippen molar-refractivity contribution in [2.45, 2.75) is 32.0 Å². The minimum atomic E-state index is -0.394. The quantitative estimate of drug-likeness (QED) is 0.241. The van der Waals surface area contributed by atoms with Gasteiger partial charge in [0.05, 0.1) is 5.71 Å². The predicted molar refractivity (Wildman–Crippen MR) is 131 cm³/mol. The molecule has 3 aromatic carbocycles. The third-order valence-corrected chi connectivity index (χ3v) is 5.89. The molecule has 2 unspecified atom stereocenters. The highest BCUT2D eigenvalue weighted by Gasteiger charge is 2.30. The number of hydrogen-bond acceptors (Lipinski definition) is 6. The van der Waals surface area contributed by atoms with E-state index in [-0.39, 0.29) is 11.9 Å². The van der Waals surface area contributed by atoms with E-state index in [1.165, 1.54) is 0 Å². The average Bonchev–Trinajstić information content (AvgIpc) is 3.33. The molecule has 33 heavy (non-hydrogen) atoms. The van der Waals surface area contributed by atoms with Crippen molar-refractivity contribution in [2.24, 2.45) is 5.10 Å². The van der Waals surface area contributed by atoms with E-state index in [1.807, 2.05) is 67.6 Å². The second-order valence-corrected chi connectivity index (χ2v) is 8.28. The second-order valence-electron chi connectivity index (χ2n) is 7.87. The molecule has 1 fully saturated rings. The van der Waals surface area contributed by atoms with Crippen LogP contribution in [0.2, 0.25) is 5.02 Å². The van der Waals surface area contributed by atoms with E-state index < -0.39 is 6.04 Å². The van der Waals surface area contributed by atoms with Crippen LogP contribution < -0.4 is 26.7 Å². The Morgan fingerprint density at radius 2 is 1.82 bits per heavy atom. The maximum atomic E-state index is 12.5. The number of hydrazine groups is 1. The molecule has 1 aliphatic heterocycles. The molecule has 3 aromatic rings. The maximum absolute atomic E-state index is 12.5. The highest BCUT2D eigenvalue weighted by Crippen LogP contribution is 2.25. The van der Waals surface area contributed by atoms with Crippen molar-refractivity contribution >= 4 is 28.9 Å². The minimum absolute atomic E-state index is 0.000503. The number of nitrogens with one attached hydrogen (secondary N) is 3. The first-order chi connectivity index (χ1) is 16.0. The number of carbonyl (C=O) groups excluding carboxylic acids is 1. The van der Waals surface area contributed by atoms with Crippen molar-refractivity contribution in [2.75, 3.05) is 5.73 Å². The number of rotatable bonds is 7. The van der Waals surface area contributed by atoms with Crippen LogP contribution in [0.3, 0.4) is 0 Å². The molecular formula is C25H26ClN5O2. The van der Waals surface area contributed by atoms with Gasteiger partial charge in [0.25, 0.3) is 5.91 Å². The van der Waals surface area contributed by atoms with Gasteiger partial charge >= 0.3 is 0 Å². The van der Waals surface area contributed by atoms with Crippen LogP contribution in [-0.2, 0) is 11.4 Å². The van der Waals surface area contributed by atoms with E-state index in [2.05, 4.69) is 21.4 Å². The van der Waals surface area contributed by atoms with Crippen LogP contribution >= 0.6 is 11.6 Å². The number of amides is 1. The van der Waals surface area contributed by atoms with Crippen LogP contribution in [-0.4, -0.2) is 17.7 Å². The summed E-state index contributed by atoms with van der Waals surface area (Å²) in [5, 5.41) is 4.90. The Balaban J connectivity index is 1.29. The number of hydrazone groups is 1. The average molecular weight is 464 g/mol. The highest BCUT2D eigenvalue weighted by atomic mass is 35.5. The normalized spacial score (nSPS) is 18.2. The Kier molecular flexibility index (Phi) is 7.24. The summed E-state index contributed by atoms with van der Waals surface area (Å²) in [5.74, 6) is 0.561. The number of hydrogen-bond donors (Lipinski definition) is 4. The smallest absolute Gasteiger partial charge is 0.258 e. The molecule has 5 N–H and O–H groups in total. The first-order valence-electron chi connectivity index (χ1n) is 10.7. The second kappa shape index (κ2) is 10.5. The van der Waals surface area contributed by atoms with Crippen LogP contribution in [0.4, 0.5) is 5.69 Å². The standard InChI is InChI=1S/C25H26ClN5O2/c1-16(17-6-10-20(27)11-7-17)28-31-25(32)24-14-23(29-30-24)18-8-12-21(13-9-18)33-15-19-4-2-3-5-22(19)26/h2-13,23-24,29-30H,14-15,27H2,1H3,(H,31,32)/b28-16-. The van der Waals surface area contributed by atoms with Gasteiger partial charge < -0.3 is 10.5 Å². The molecule has 1 heterocycles. The lowest BCUT2D eigenvalue weighted by Gasteiger charge is -2.12. The number of nitrogens with two attached hydrogens (primary N) is 1. The van der Waals surface area contributed by atoms with Crippen LogP contribution in [0, 0.1) is 0 Å². The fourth-order valence-corrected chi connectivity index (χ4v) is 3.72. The molecule has 0 saturated carbocycles. The van der Waals surface area contributed by atoms with E-state index in [4.69, 9.17) is 22.1 Å². The summed E-state index contributed by atoms with van der Waals surface area (Å²) in [4.78, 5) is 12.5. The fourth-order valence-electron chi connectivity index (χ4n) is 3.53. The molecule has 0 radical (unpaired) electrons. The number of benzene rings is 3. The summed E-state index contributed by atoms with van der Waals surface area (Å²) >= 11 is 6.18. The molecule has 0 aromatic heterocycles. The Morgan fingerprint density at radius 3 is 2.55 bits per heavy atom. The van der Waals surface area contributed by atoms with Crippen LogP contribution in [0.25, 0.3) is 0 Å². The first-order valence-corrected chi connectivity index (χ1v) is 11.0. The van der Waals surface area contributed by atoms with Gasteiger partial charge in [-0.1, -0.05) is 54.1 Å². The van der Waals surface area contributed by atoms with Crippen molar-refractivity contribution in [1.82, 2.24) is 16.3 Å². The molecule has 1 amide bonds. The molecule has 1 aliphatic rings. The lowest BCUT2D eigenvalue weighted by molar-refractivity contribution is -0.122. The molecule has 8 heteroatoms. The zero-order valence-corrected chi connectivity index (χ0v) is 19.0. The summed E-state index contributed by atoms with van der Waals surface area (Å²) < 4.78 is 5.84. The largest absolute Gasteiger partial charge is 0.489 e. The maximum Gasteiger partial charge on any atom is 0.258 e. The number of nitrogen functional groups attached to an aromatic ring is 1. The number of ether oxygens (including phenoxy) is 1. The SMILES string of the molecule is C/C(=N/NC(=O)C1CC(c2ccc(OCc3ccccc3Cl)cc2)NN1)c1ccc(N)cc1. The topological polar surface area (TPSA) is 101 Å². The third-order valence-electron chi connectivity index (χ3n) is 5.52. The van der Waals surface area contributed by atoms with Gasteiger partial charge in [-0.05, 0) is 54.8 Å². The van der Waals surface area contributed by atoms with Crippen LogP contribution in [0.1, 0.15) is 36.1 Å². The molecular weight excluding hydrogens is 438 g/mol. The molecule has 170 valence electrons. The van der Waals surface area contributed by atoms with Gasteiger partial charge in [0, 0.05) is 22.3 Å². The molecule has 0 aliphatic carbocycles. The van der Waals surface area contributed by atoms with E-state index >= 15 is 0 Å². The Morgan fingerprint density at radius 1 is 1.09 bits per heavy atom. The van der Waals surface area contributed by atoms with Crippen LogP contribution in [0.5, 0.6) is 5.75 Å². The van der Waals surface area contributed by atoms with E-state index in [9.17, 15) is 4.79 Å². The molecule has 7 nitrogen and oxygen atoms in total. The van der Waals surface area contributed by atoms with Crippen molar-refractivity contribution in [3.63, 3.8) is 0 Å². The molecule has 4 rings (SSSR count). The zero-order valence-electron chi connectivity index (χ0n) is 18.2. The van der Waals surface area contributed by atoms with Gasteiger partial charge in [-0.15, -0.1) is 0 Å². The van der Waals surface area contributed by atoms with Gasteiger partial charge in [-0.3, -0.25) is 4.79 Å². The number of halogens is 1. The van der Waals surface area contributed by atoms with E-state index in [0.29, 0.717) is 29.4 Å². The van der Waals surface area contributed by atoms with Crippen molar-refractivity contribution in [3.05, 3.63) is 94.5 Å². The van der Waals surface area contributed by atoms with E-state index in [1.54, 1.807) is 12.1 Å². The van der Waals surface area contributed by atoms with Gasteiger partial charge in [0.1, 0.15) is 18.4 Å². The van der Waals surface area contributed by atoms with Crippen molar-refractivity contribution < 1.29 is 9.53 Å². The lowest BCUT2D eigenvalue weighted by atomic mass is 10.0. The van der Waals surface area contributed by atoms with Gasteiger partial charge in [0.15, 0.2) is 0 Å². The Hall–Kier alpha value is -3.39. The Bertz CT molecular complexity index is 1130. The number of carbonyl (C=O) groups is 1. The van der Waals surface area contributed by atoms with Gasteiger partial charge in [0.2, 0.25) is 0 Å². The summed E-state index contributed by atoms with van der Waals surface area (Å²) in [7, 11) is 0. The van der Waals surface area contributed by atoms with Gasteiger partial charge in [-0.2, -0.15) is 5.10 Å². The first kappa shape index (κ1) is 22.8. The molecule has 0 bridgehead atoms. The van der Waals surface area contributed by atoms with Crippen molar-refractivity contribution in [3.8, 4) is 5.75 Å². The van der Waals surface area contributed by atoms with Crippen molar-refractivity contribution in [1.29, 1.82) is 0 Å². The van der Waals surface area contributed by atoms with Crippen LogP contribution in [0.15, 0.2) is 77.9 Å². The third kappa shape index (κ3) is 5.90. The van der Waals surface area contributed by atoms with E-state index in [0.717, 1.165) is 22.4 Å². The zero-order chi connectivity index (χ0) is 23.2. The summed E-state index contributed by atoms with van der Waals surface area (Å²) in [6, 6.07) is 22.4. The highest BCUT2D eigenvalue weighted by molar-refractivity contribution is 6.31. The predicted octanol–water partition coefficient (Wildman–Crippen LogP) is 3.95. The Labute approximate surface area is 197 Å². The fraction of sp³-hybridized carbons (Fsp3) is 0.200. The summed E-state index contributed by atoms with van der Waals surface area (Å²) in [6.07, 6.45) is 0.599.